The van der Waals surface area contributed by atoms with E-state index in [1.54, 1.807) is 18.4 Å². The molecule has 0 radical (unpaired) electrons. The first-order valence-electron chi connectivity index (χ1n) is 9.25. The van der Waals surface area contributed by atoms with Crippen LogP contribution in [0.1, 0.15) is 30.8 Å². The summed E-state index contributed by atoms with van der Waals surface area (Å²) in [5.74, 6) is 0.611. The van der Waals surface area contributed by atoms with E-state index in [9.17, 15) is 5.11 Å². The summed E-state index contributed by atoms with van der Waals surface area (Å²) in [7, 11) is 0. The summed E-state index contributed by atoms with van der Waals surface area (Å²) in [5, 5.41) is 14.5. The van der Waals surface area contributed by atoms with Crippen molar-refractivity contribution in [3.63, 3.8) is 0 Å². The molecule has 5 heteroatoms. The standard InChI is InChI=1S/C23H22N4O/c1-23(2,28)15-20-25-21-14-13-19(16-27(21)26-20)24-22(17-9-5-3-6-10-17)18-11-7-4-8-12-18/h3-14,16,28H,15H2,1-2H3. The van der Waals surface area contributed by atoms with Crippen molar-refractivity contribution in [1.29, 1.82) is 0 Å². The SMILES string of the molecule is CC(C)(O)Cc1nc2ccc(N=C(c3ccccc3)c3ccccc3)cn2n1. The number of hydrogen-bond acceptors (Lipinski definition) is 4. The second-order valence-electron chi connectivity index (χ2n) is 7.40. The van der Waals surface area contributed by atoms with E-state index in [1.165, 1.54) is 0 Å². The zero-order valence-electron chi connectivity index (χ0n) is 15.9. The molecular weight excluding hydrogens is 348 g/mol. The Kier molecular flexibility index (Phi) is 4.75. The molecule has 2 heterocycles. The van der Waals surface area contributed by atoms with Crippen molar-refractivity contribution in [3.8, 4) is 0 Å². The number of hydrogen-bond donors (Lipinski definition) is 1. The molecular formula is C23H22N4O. The summed E-state index contributed by atoms with van der Waals surface area (Å²) < 4.78 is 1.72. The van der Waals surface area contributed by atoms with Gasteiger partial charge in [0.1, 0.15) is 0 Å². The topological polar surface area (TPSA) is 62.8 Å². The molecule has 0 aliphatic heterocycles. The highest BCUT2D eigenvalue weighted by molar-refractivity contribution is 6.13. The molecule has 0 saturated heterocycles. The van der Waals surface area contributed by atoms with Crippen LogP contribution in [0.3, 0.4) is 0 Å². The molecule has 140 valence electrons. The fourth-order valence-corrected chi connectivity index (χ4v) is 3.06. The average Bonchev–Trinajstić information content (AvgIpc) is 3.07. The Hall–Kier alpha value is -3.31. The molecule has 0 atom stereocenters. The Morgan fingerprint density at radius 3 is 2.11 bits per heavy atom. The summed E-state index contributed by atoms with van der Waals surface area (Å²) in [5.41, 5.74) is 3.68. The maximum atomic E-state index is 10.0. The second kappa shape index (κ2) is 7.37. The van der Waals surface area contributed by atoms with E-state index in [0.29, 0.717) is 12.2 Å². The molecule has 0 amide bonds. The number of nitrogens with zero attached hydrogens (tertiary/aromatic N) is 4. The lowest BCUT2D eigenvalue weighted by Crippen LogP contribution is -2.22. The van der Waals surface area contributed by atoms with Crippen molar-refractivity contribution in [2.45, 2.75) is 25.9 Å². The van der Waals surface area contributed by atoms with Crippen LogP contribution in [0.5, 0.6) is 0 Å². The molecule has 0 saturated carbocycles. The maximum absolute atomic E-state index is 10.0. The van der Waals surface area contributed by atoms with Gasteiger partial charge < -0.3 is 5.11 Å². The minimum Gasteiger partial charge on any atom is -0.390 e. The summed E-state index contributed by atoms with van der Waals surface area (Å²) >= 11 is 0. The van der Waals surface area contributed by atoms with Gasteiger partial charge in [0.25, 0.3) is 0 Å². The van der Waals surface area contributed by atoms with Crippen LogP contribution in [0, 0.1) is 0 Å². The molecule has 5 nitrogen and oxygen atoms in total. The predicted molar refractivity (Wildman–Crippen MR) is 111 cm³/mol. The van der Waals surface area contributed by atoms with Gasteiger partial charge in [0.2, 0.25) is 0 Å². The van der Waals surface area contributed by atoms with Gasteiger partial charge in [0.15, 0.2) is 11.5 Å². The summed E-state index contributed by atoms with van der Waals surface area (Å²) in [6, 6.07) is 24.1. The molecule has 2 aromatic carbocycles. The van der Waals surface area contributed by atoms with Crippen LogP contribution in [-0.4, -0.2) is 31.0 Å². The molecule has 0 bridgehead atoms. The van der Waals surface area contributed by atoms with Crippen molar-refractivity contribution in [2.24, 2.45) is 4.99 Å². The van der Waals surface area contributed by atoms with Gasteiger partial charge in [-0.05, 0) is 26.0 Å². The minimum absolute atomic E-state index is 0.395. The molecule has 0 aliphatic rings. The van der Waals surface area contributed by atoms with Crippen LogP contribution in [0.15, 0.2) is 84.0 Å². The second-order valence-corrected chi connectivity index (χ2v) is 7.40. The van der Waals surface area contributed by atoms with Gasteiger partial charge >= 0.3 is 0 Å². The molecule has 4 aromatic rings. The van der Waals surface area contributed by atoms with Crippen molar-refractivity contribution in [3.05, 3.63) is 95.9 Å². The predicted octanol–water partition coefficient (Wildman–Crippen LogP) is 4.21. The van der Waals surface area contributed by atoms with E-state index in [1.807, 2.05) is 54.7 Å². The van der Waals surface area contributed by atoms with Crippen LogP contribution in [0.25, 0.3) is 5.65 Å². The number of aromatic nitrogens is 3. The summed E-state index contributed by atoms with van der Waals surface area (Å²) in [6.07, 6.45) is 2.26. The van der Waals surface area contributed by atoms with Gasteiger partial charge in [-0.3, -0.25) is 0 Å². The quantitative estimate of drug-likeness (QED) is 0.535. The first-order valence-corrected chi connectivity index (χ1v) is 9.25. The number of aliphatic hydroxyl groups is 1. The normalized spacial score (nSPS) is 11.5. The third kappa shape index (κ3) is 4.15. The lowest BCUT2D eigenvalue weighted by molar-refractivity contribution is 0.0789. The third-order valence-corrected chi connectivity index (χ3v) is 4.29. The molecule has 2 aromatic heterocycles. The van der Waals surface area contributed by atoms with Gasteiger partial charge in [-0.25, -0.2) is 14.5 Å². The third-order valence-electron chi connectivity index (χ3n) is 4.29. The first-order chi connectivity index (χ1) is 13.5. The number of fused-ring (bicyclic) bond motifs is 1. The Labute approximate surface area is 164 Å². The highest BCUT2D eigenvalue weighted by Crippen LogP contribution is 2.19. The highest BCUT2D eigenvalue weighted by atomic mass is 16.3. The first kappa shape index (κ1) is 18.1. The number of pyridine rings is 1. The monoisotopic (exact) mass is 370 g/mol. The van der Waals surface area contributed by atoms with E-state index in [0.717, 1.165) is 28.2 Å². The van der Waals surface area contributed by atoms with Gasteiger partial charge in [-0.1, -0.05) is 60.7 Å². The fourth-order valence-electron chi connectivity index (χ4n) is 3.06. The Bertz CT molecular complexity index is 1070. The van der Waals surface area contributed by atoms with Crippen LogP contribution in [0.2, 0.25) is 0 Å². The maximum Gasteiger partial charge on any atom is 0.155 e. The number of aliphatic imine (C=N–C) groups is 1. The molecule has 1 N–H and O–H groups in total. The Balaban J connectivity index is 1.77. The van der Waals surface area contributed by atoms with Crippen molar-refractivity contribution in [1.82, 2.24) is 14.6 Å². The average molecular weight is 370 g/mol. The van der Waals surface area contributed by atoms with E-state index >= 15 is 0 Å². The van der Waals surface area contributed by atoms with Crippen LogP contribution in [-0.2, 0) is 6.42 Å². The molecule has 0 fully saturated rings. The van der Waals surface area contributed by atoms with Crippen molar-refractivity contribution in [2.75, 3.05) is 0 Å². The largest absolute Gasteiger partial charge is 0.390 e. The Morgan fingerprint density at radius 2 is 1.54 bits per heavy atom. The molecule has 4 rings (SSSR count). The highest BCUT2D eigenvalue weighted by Gasteiger charge is 2.17. The van der Waals surface area contributed by atoms with Gasteiger partial charge in [-0.2, -0.15) is 5.10 Å². The van der Waals surface area contributed by atoms with Crippen molar-refractivity contribution < 1.29 is 5.11 Å². The fraction of sp³-hybridized carbons (Fsp3) is 0.174. The zero-order chi connectivity index (χ0) is 19.6. The number of benzene rings is 2. The lowest BCUT2D eigenvalue weighted by atomic mass is 10.0. The van der Waals surface area contributed by atoms with E-state index in [-0.39, 0.29) is 0 Å². The van der Waals surface area contributed by atoms with Gasteiger partial charge in [0.05, 0.1) is 23.2 Å². The Morgan fingerprint density at radius 1 is 0.929 bits per heavy atom. The van der Waals surface area contributed by atoms with E-state index < -0.39 is 5.60 Å². The smallest absolute Gasteiger partial charge is 0.155 e. The van der Waals surface area contributed by atoms with Crippen LogP contribution < -0.4 is 0 Å². The minimum atomic E-state index is -0.848. The lowest BCUT2D eigenvalue weighted by Gasteiger charge is -2.13. The molecule has 28 heavy (non-hydrogen) atoms. The molecule has 0 unspecified atom stereocenters. The van der Waals surface area contributed by atoms with Crippen LogP contribution in [0.4, 0.5) is 5.69 Å². The number of rotatable bonds is 5. The van der Waals surface area contributed by atoms with Gasteiger partial charge in [0, 0.05) is 17.5 Å². The van der Waals surface area contributed by atoms with Crippen molar-refractivity contribution >= 4 is 17.0 Å². The van der Waals surface area contributed by atoms with E-state index in [2.05, 4.69) is 34.3 Å². The molecule has 0 spiro atoms. The van der Waals surface area contributed by atoms with Crippen LogP contribution >= 0.6 is 0 Å². The molecule has 0 aliphatic carbocycles. The summed E-state index contributed by atoms with van der Waals surface area (Å²) in [6.45, 7) is 3.50. The zero-order valence-corrected chi connectivity index (χ0v) is 15.9. The van der Waals surface area contributed by atoms with Gasteiger partial charge in [-0.15, -0.1) is 0 Å². The summed E-state index contributed by atoms with van der Waals surface area (Å²) in [4.78, 5) is 9.39. The van der Waals surface area contributed by atoms with E-state index in [4.69, 9.17) is 4.99 Å².